The van der Waals surface area contributed by atoms with Gasteiger partial charge in [0.05, 0.1) is 13.4 Å². The summed E-state index contributed by atoms with van der Waals surface area (Å²) in [5, 5.41) is 13.6. The van der Waals surface area contributed by atoms with Crippen LogP contribution in [0.25, 0.3) is 35.5 Å². The number of fused-ring (bicyclic) bond motifs is 4. The van der Waals surface area contributed by atoms with Gasteiger partial charge in [0.25, 0.3) is 5.69 Å². The van der Waals surface area contributed by atoms with E-state index < -0.39 is 0 Å². The van der Waals surface area contributed by atoms with Gasteiger partial charge in [0.15, 0.2) is 0 Å². The van der Waals surface area contributed by atoms with Crippen molar-refractivity contribution in [2.75, 3.05) is 12.5 Å². The maximum absolute atomic E-state index is 10.9. The molecule has 2 bridgehead atoms. The number of thioether (sulfide) groups is 4. The van der Waals surface area contributed by atoms with Crippen LogP contribution in [0.1, 0.15) is 32.0 Å². The second kappa shape index (κ2) is 10.7. The molecule has 0 saturated heterocycles. The van der Waals surface area contributed by atoms with Crippen molar-refractivity contribution < 1.29 is 4.92 Å². The highest BCUT2D eigenvalue weighted by Gasteiger charge is 2.55. The van der Waals surface area contributed by atoms with E-state index in [1.165, 1.54) is 63.8 Å². The predicted molar refractivity (Wildman–Crippen MR) is 184 cm³/mol. The third kappa shape index (κ3) is 4.57. The van der Waals surface area contributed by atoms with Crippen LogP contribution < -0.4 is 10.4 Å². The van der Waals surface area contributed by atoms with Gasteiger partial charge in [-0.3, -0.25) is 10.1 Å². The summed E-state index contributed by atoms with van der Waals surface area (Å²) in [6, 6.07) is 26.7. The predicted octanol–water partition coefficient (Wildman–Crippen LogP) is 8.75. The zero-order chi connectivity index (χ0) is 28.1. The number of nitro benzene ring substituents is 1. The summed E-state index contributed by atoms with van der Waals surface area (Å²) in [6.45, 7) is 0. The van der Waals surface area contributed by atoms with Crippen molar-refractivity contribution in [2.24, 2.45) is 0 Å². The lowest BCUT2D eigenvalue weighted by atomic mass is 9.98. The molecule has 0 saturated carbocycles. The summed E-state index contributed by atoms with van der Waals surface area (Å²) < 4.78 is 2.76. The van der Waals surface area contributed by atoms with Gasteiger partial charge in [-0.15, -0.1) is 34.9 Å². The van der Waals surface area contributed by atoms with E-state index >= 15 is 0 Å². The van der Waals surface area contributed by atoms with Gasteiger partial charge in [0.2, 0.25) is 0 Å². The molecule has 1 spiro atoms. The van der Waals surface area contributed by atoms with E-state index in [0.29, 0.717) is 0 Å². The van der Waals surface area contributed by atoms with Gasteiger partial charge in [0, 0.05) is 21.9 Å². The van der Waals surface area contributed by atoms with E-state index in [1.54, 1.807) is 23.5 Å². The molecule has 1 aromatic heterocycles. The standard InChI is InChI=1S/C33H23NO2S5/c1-37-31-32(38-2)41-33(40-31)29-25-5-3-4-6-26(25)30(33)28-19-21(11-18-27(28)29)10-15-24-17-16-23(39-24)14-9-20-7-12-22(13-8-20)34(35)36/h3-19H,1-2H3/b14-9+,15-10+. The van der Waals surface area contributed by atoms with Crippen LogP contribution >= 0.6 is 58.4 Å². The molecule has 2 heterocycles. The van der Waals surface area contributed by atoms with E-state index in [1.807, 2.05) is 53.1 Å². The van der Waals surface area contributed by atoms with E-state index in [4.69, 9.17) is 0 Å². The van der Waals surface area contributed by atoms with Gasteiger partial charge in [0.1, 0.15) is 4.08 Å². The van der Waals surface area contributed by atoms with Crippen molar-refractivity contribution in [2.45, 2.75) is 4.08 Å². The van der Waals surface area contributed by atoms with Gasteiger partial charge in [-0.2, -0.15) is 0 Å². The minimum atomic E-state index is -0.377. The zero-order valence-corrected chi connectivity index (χ0v) is 26.2. The molecule has 0 unspecified atom stereocenters. The Bertz CT molecular complexity index is 1930. The lowest BCUT2D eigenvalue weighted by Crippen LogP contribution is -2.27. The number of benzene rings is 3. The molecule has 0 radical (unpaired) electrons. The van der Waals surface area contributed by atoms with Crippen LogP contribution in [0.4, 0.5) is 5.69 Å². The molecule has 3 aromatic carbocycles. The van der Waals surface area contributed by atoms with E-state index in [9.17, 15) is 10.1 Å². The van der Waals surface area contributed by atoms with Crippen LogP contribution in [0.2, 0.25) is 0 Å². The number of nitrogens with zero attached hydrogens (tertiary/aromatic N) is 1. The molecule has 4 aromatic rings. The maximum Gasteiger partial charge on any atom is 0.269 e. The fourth-order valence-electron chi connectivity index (χ4n) is 5.56. The fourth-order valence-corrected chi connectivity index (χ4v) is 12.6. The van der Waals surface area contributed by atoms with E-state index in [2.05, 4.69) is 85.3 Å². The molecule has 0 atom stereocenters. The summed E-state index contributed by atoms with van der Waals surface area (Å²) in [5.41, 5.74) is 7.91. The smallest absolute Gasteiger partial charge is 0.258 e. The minimum Gasteiger partial charge on any atom is -0.258 e. The van der Waals surface area contributed by atoms with Gasteiger partial charge in [-0.1, -0.05) is 72.1 Å². The molecule has 0 amide bonds. The van der Waals surface area contributed by atoms with Crippen molar-refractivity contribution >= 4 is 99.5 Å². The lowest BCUT2D eigenvalue weighted by Gasteiger charge is -2.23. The van der Waals surface area contributed by atoms with E-state index in [0.717, 1.165) is 10.4 Å². The number of non-ortho nitro benzene ring substituents is 1. The average Bonchev–Trinajstić information content (AvgIpc) is 3.74. The molecule has 41 heavy (non-hydrogen) atoms. The number of hydrogen-bond acceptors (Lipinski definition) is 7. The number of hydrogen-bond donors (Lipinski definition) is 0. The monoisotopic (exact) mass is 625 g/mol. The largest absolute Gasteiger partial charge is 0.269 e. The minimum absolute atomic E-state index is 0.0935. The first-order valence-corrected chi connectivity index (χ1v) is 17.8. The first kappa shape index (κ1) is 27.0. The quantitative estimate of drug-likeness (QED) is 0.151. The normalized spacial score (nSPS) is 16.5. The van der Waals surface area contributed by atoms with Crippen LogP contribution in [-0.4, -0.2) is 21.5 Å². The second-order valence-corrected chi connectivity index (χ2v) is 15.7. The van der Waals surface area contributed by atoms with Crippen molar-refractivity contribution in [1.82, 2.24) is 0 Å². The Labute approximate surface area is 259 Å². The topological polar surface area (TPSA) is 43.1 Å². The molecule has 202 valence electrons. The number of rotatable bonds is 7. The molecule has 1 aliphatic heterocycles. The SMILES string of the molecule is CSC1=C(SC)SC2(S1)C1=c3ccc(/C=C/c4ccc(/C=C/c5ccc([N+](=O)[O-])cc5)s4)cc3=C2c2ccccc21. The Morgan fingerprint density at radius 3 is 1.85 bits per heavy atom. The Morgan fingerprint density at radius 2 is 1.27 bits per heavy atom. The van der Waals surface area contributed by atoms with E-state index in [-0.39, 0.29) is 14.7 Å². The molecule has 3 aliphatic rings. The number of nitro groups is 1. The van der Waals surface area contributed by atoms with Crippen LogP contribution in [0.15, 0.2) is 87.3 Å². The lowest BCUT2D eigenvalue weighted by molar-refractivity contribution is -0.384. The molecule has 0 fully saturated rings. The third-order valence-corrected chi connectivity index (χ3v) is 14.2. The van der Waals surface area contributed by atoms with Crippen LogP contribution in [-0.2, 0) is 0 Å². The zero-order valence-electron chi connectivity index (χ0n) is 22.1. The van der Waals surface area contributed by atoms with Crippen molar-refractivity contribution in [3.63, 3.8) is 0 Å². The van der Waals surface area contributed by atoms with Crippen molar-refractivity contribution in [3.8, 4) is 0 Å². The fraction of sp³-hybridized carbons (Fsp3) is 0.0909. The highest BCUT2D eigenvalue weighted by atomic mass is 32.3. The Balaban J connectivity index is 1.18. The molecular weight excluding hydrogens is 603 g/mol. The molecule has 8 heteroatoms. The van der Waals surface area contributed by atoms with Crippen LogP contribution in [0.5, 0.6) is 0 Å². The molecular formula is C33H23NO2S5. The first-order valence-electron chi connectivity index (χ1n) is 12.9. The number of thiophene rings is 1. The Hall–Kier alpha value is -2.88. The summed E-state index contributed by atoms with van der Waals surface area (Å²) in [5.74, 6) is 0. The van der Waals surface area contributed by atoms with Gasteiger partial charge >= 0.3 is 0 Å². The summed E-state index contributed by atoms with van der Waals surface area (Å²) in [6.07, 6.45) is 12.8. The second-order valence-electron chi connectivity index (χ2n) is 9.66. The van der Waals surface area contributed by atoms with Crippen molar-refractivity contribution in [3.05, 3.63) is 140 Å². The summed E-state index contributed by atoms with van der Waals surface area (Å²) in [7, 11) is 0. The Kier molecular flexibility index (Phi) is 7.07. The molecule has 0 N–H and O–H groups in total. The van der Waals surface area contributed by atoms with Gasteiger partial charge < -0.3 is 0 Å². The van der Waals surface area contributed by atoms with Gasteiger partial charge in [-0.05, 0) is 98.8 Å². The molecule has 2 aliphatic carbocycles. The first-order chi connectivity index (χ1) is 20.0. The van der Waals surface area contributed by atoms with Crippen molar-refractivity contribution in [1.29, 1.82) is 0 Å². The highest BCUT2D eigenvalue weighted by Crippen LogP contribution is 2.71. The summed E-state index contributed by atoms with van der Waals surface area (Å²) >= 11 is 9.50. The maximum atomic E-state index is 10.9. The highest BCUT2D eigenvalue weighted by molar-refractivity contribution is 8.38. The average molecular weight is 626 g/mol. The van der Waals surface area contributed by atoms with Gasteiger partial charge in [-0.25, -0.2) is 0 Å². The molecule has 7 rings (SSSR count). The Morgan fingerprint density at radius 1 is 0.707 bits per heavy atom. The van der Waals surface area contributed by atoms with Crippen LogP contribution in [0.3, 0.4) is 0 Å². The summed E-state index contributed by atoms with van der Waals surface area (Å²) in [4.78, 5) is 12.8. The van der Waals surface area contributed by atoms with Crippen LogP contribution in [0, 0.1) is 10.1 Å². The molecule has 3 nitrogen and oxygen atoms in total. The third-order valence-electron chi connectivity index (χ3n) is 7.35.